The van der Waals surface area contributed by atoms with E-state index in [-0.39, 0.29) is 17.4 Å². The van der Waals surface area contributed by atoms with Gasteiger partial charge in [-0.25, -0.2) is 9.97 Å². The number of hydrogen-bond acceptors (Lipinski definition) is 5. The summed E-state index contributed by atoms with van der Waals surface area (Å²) in [6, 6.07) is 7.43. The van der Waals surface area contributed by atoms with Crippen LogP contribution in [0.25, 0.3) is 10.9 Å². The van der Waals surface area contributed by atoms with Gasteiger partial charge in [-0.2, -0.15) is 0 Å². The van der Waals surface area contributed by atoms with Gasteiger partial charge < -0.3 is 5.32 Å². The summed E-state index contributed by atoms with van der Waals surface area (Å²) in [4.78, 5) is 34.7. The maximum atomic E-state index is 12.6. The lowest BCUT2D eigenvalue weighted by Gasteiger charge is -2.27. The van der Waals surface area contributed by atoms with Crippen LogP contribution in [0, 0.1) is 18.8 Å². The first-order valence-electron chi connectivity index (χ1n) is 9.27. The molecule has 0 aliphatic heterocycles. The molecule has 1 aliphatic carbocycles. The van der Waals surface area contributed by atoms with Gasteiger partial charge in [0, 0.05) is 23.5 Å². The summed E-state index contributed by atoms with van der Waals surface area (Å²) in [6.07, 6.45) is 6.98. The topological polar surface area (TPSA) is 76.9 Å². The Bertz CT molecular complexity index is 1020. The fourth-order valence-electron chi connectivity index (χ4n) is 3.74. The number of amides is 1. The molecule has 1 aliphatic rings. The first-order chi connectivity index (χ1) is 13.1. The molecule has 0 unspecified atom stereocenters. The van der Waals surface area contributed by atoms with E-state index in [9.17, 15) is 9.59 Å². The second kappa shape index (κ2) is 7.60. The predicted molar refractivity (Wildman–Crippen MR) is 107 cm³/mol. The molecule has 1 aromatic carbocycles. The number of hydrogen-bond donors (Lipinski definition) is 1. The van der Waals surface area contributed by atoms with Gasteiger partial charge in [0.25, 0.3) is 5.56 Å². The Morgan fingerprint density at radius 3 is 2.74 bits per heavy atom. The summed E-state index contributed by atoms with van der Waals surface area (Å²) >= 11 is 1.50. The first kappa shape index (κ1) is 17.9. The van der Waals surface area contributed by atoms with Gasteiger partial charge in [0.05, 0.1) is 17.2 Å². The molecule has 4 rings (SSSR count). The van der Waals surface area contributed by atoms with Gasteiger partial charge >= 0.3 is 0 Å². The Kier molecular flexibility index (Phi) is 5.03. The molecule has 2 heterocycles. The molecular weight excluding hydrogens is 360 g/mol. The van der Waals surface area contributed by atoms with Crippen LogP contribution in [-0.4, -0.2) is 20.4 Å². The van der Waals surface area contributed by atoms with E-state index in [1.165, 1.54) is 11.3 Å². The fraction of sp³-hybridized carbons (Fsp3) is 0.400. The highest BCUT2D eigenvalue weighted by Gasteiger charge is 2.27. The molecule has 1 amide bonds. The molecule has 0 atom stereocenters. The SMILES string of the molecule is Cc1cnc(NC(=O)C2CCC(Cn3cnc4ccccc4c3=O)CC2)s1. The number of benzene rings is 1. The van der Waals surface area contributed by atoms with Crippen molar-refractivity contribution >= 4 is 33.3 Å². The van der Waals surface area contributed by atoms with Crippen molar-refractivity contribution in [2.45, 2.75) is 39.2 Å². The average Bonchev–Trinajstić information content (AvgIpc) is 3.09. The Morgan fingerprint density at radius 1 is 1.22 bits per heavy atom. The number of carbonyl (C=O) groups is 1. The molecule has 0 bridgehead atoms. The third-order valence-electron chi connectivity index (χ3n) is 5.26. The molecular formula is C20H22N4O2S. The van der Waals surface area contributed by atoms with Gasteiger partial charge in [-0.1, -0.05) is 12.1 Å². The Labute approximate surface area is 161 Å². The molecule has 6 nitrogen and oxygen atoms in total. The van der Waals surface area contributed by atoms with E-state index in [2.05, 4.69) is 15.3 Å². The number of carbonyl (C=O) groups excluding carboxylic acids is 1. The fourth-order valence-corrected chi connectivity index (χ4v) is 4.41. The summed E-state index contributed by atoms with van der Waals surface area (Å²) in [6.45, 7) is 2.64. The van der Waals surface area contributed by atoms with Gasteiger partial charge in [-0.3, -0.25) is 14.2 Å². The van der Waals surface area contributed by atoms with Gasteiger partial charge in [-0.15, -0.1) is 11.3 Å². The van der Waals surface area contributed by atoms with E-state index < -0.39 is 0 Å². The number of anilines is 1. The van der Waals surface area contributed by atoms with Crippen LogP contribution >= 0.6 is 11.3 Å². The number of aromatic nitrogens is 3. The van der Waals surface area contributed by atoms with Crippen molar-refractivity contribution < 1.29 is 4.79 Å². The molecule has 3 aromatic rings. The Hall–Kier alpha value is -2.54. The van der Waals surface area contributed by atoms with Crippen molar-refractivity contribution in [1.82, 2.24) is 14.5 Å². The van der Waals surface area contributed by atoms with Gasteiger partial charge in [0.1, 0.15) is 0 Å². The summed E-state index contributed by atoms with van der Waals surface area (Å²) in [5.41, 5.74) is 0.746. The summed E-state index contributed by atoms with van der Waals surface area (Å²) in [5.74, 6) is 0.487. The monoisotopic (exact) mass is 382 g/mol. The third-order valence-corrected chi connectivity index (χ3v) is 6.08. The van der Waals surface area contributed by atoms with E-state index in [4.69, 9.17) is 0 Å². The number of nitrogens with one attached hydrogen (secondary N) is 1. The smallest absolute Gasteiger partial charge is 0.261 e. The van der Waals surface area contributed by atoms with Crippen LogP contribution in [0.5, 0.6) is 0 Å². The maximum absolute atomic E-state index is 12.6. The van der Waals surface area contributed by atoms with Crippen LogP contribution in [0.15, 0.2) is 41.6 Å². The summed E-state index contributed by atoms with van der Waals surface area (Å²) in [5, 5.41) is 4.26. The molecule has 140 valence electrons. The van der Waals surface area contributed by atoms with Crippen molar-refractivity contribution in [3.05, 3.63) is 52.0 Å². The third kappa shape index (κ3) is 3.93. The molecule has 1 saturated carbocycles. The molecule has 0 spiro atoms. The molecule has 1 N–H and O–H groups in total. The Morgan fingerprint density at radius 2 is 2.00 bits per heavy atom. The first-order valence-corrected chi connectivity index (χ1v) is 10.1. The number of nitrogens with zero attached hydrogens (tertiary/aromatic N) is 3. The molecule has 7 heteroatoms. The van der Waals surface area contributed by atoms with E-state index >= 15 is 0 Å². The predicted octanol–water partition coefficient (Wildman–Crippen LogP) is 3.61. The maximum Gasteiger partial charge on any atom is 0.261 e. The highest BCUT2D eigenvalue weighted by Crippen LogP contribution is 2.31. The largest absolute Gasteiger partial charge is 0.302 e. The quantitative estimate of drug-likeness (QED) is 0.748. The van der Waals surface area contributed by atoms with Crippen molar-refractivity contribution in [2.75, 3.05) is 5.32 Å². The van der Waals surface area contributed by atoms with Gasteiger partial charge in [0.2, 0.25) is 5.91 Å². The lowest BCUT2D eigenvalue weighted by Crippen LogP contribution is -2.30. The zero-order valence-electron chi connectivity index (χ0n) is 15.2. The van der Waals surface area contributed by atoms with Crippen LogP contribution in [0.1, 0.15) is 30.6 Å². The van der Waals surface area contributed by atoms with Gasteiger partial charge in [-0.05, 0) is 50.7 Å². The Balaban J connectivity index is 1.36. The summed E-state index contributed by atoms with van der Waals surface area (Å²) in [7, 11) is 0. The van der Waals surface area contributed by atoms with Crippen LogP contribution in [0.4, 0.5) is 5.13 Å². The molecule has 1 fully saturated rings. The van der Waals surface area contributed by atoms with Crippen LogP contribution < -0.4 is 10.9 Å². The lowest BCUT2D eigenvalue weighted by molar-refractivity contribution is -0.121. The number of thiazole rings is 1. The van der Waals surface area contributed by atoms with Crippen LogP contribution in [0.3, 0.4) is 0 Å². The van der Waals surface area contributed by atoms with Gasteiger partial charge in [0.15, 0.2) is 5.13 Å². The van der Waals surface area contributed by atoms with Crippen molar-refractivity contribution in [3.8, 4) is 0 Å². The zero-order valence-corrected chi connectivity index (χ0v) is 16.0. The minimum Gasteiger partial charge on any atom is -0.302 e. The lowest BCUT2D eigenvalue weighted by atomic mass is 9.81. The van der Waals surface area contributed by atoms with Crippen LogP contribution in [0.2, 0.25) is 0 Å². The molecule has 0 radical (unpaired) electrons. The molecule has 0 saturated heterocycles. The van der Waals surface area contributed by atoms with E-state index in [0.29, 0.717) is 23.0 Å². The zero-order chi connectivity index (χ0) is 18.8. The summed E-state index contributed by atoms with van der Waals surface area (Å²) < 4.78 is 1.71. The number of para-hydroxylation sites is 1. The van der Waals surface area contributed by atoms with Crippen molar-refractivity contribution in [1.29, 1.82) is 0 Å². The minimum atomic E-state index is 0.0135. The normalized spacial score (nSPS) is 19.9. The highest BCUT2D eigenvalue weighted by molar-refractivity contribution is 7.15. The van der Waals surface area contributed by atoms with E-state index in [0.717, 1.165) is 36.1 Å². The van der Waals surface area contributed by atoms with E-state index in [1.807, 2.05) is 31.2 Å². The molecule has 27 heavy (non-hydrogen) atoms. The standard InChI is InChI=1S/C20H22N4O2S/c1-13-10-21-20(27-13)23-18(25)15-8-6-14(7-9-15)11-24-12-22-17-5-3-2-4-16(17)19(24)26/h2-5,10,12,14-15H,6-9,11H2,1H3,(H,21,23,25). The number of fused-ring (bicyclic) bond motifs is 1. The van der Waals surface area contributed by atoms with Crippen molar-refractivity contribution in [2.24, 2.45) is 11.8 Å². The average molecular weight is 382 g/mol. The number of aryl methyl sites for hydroxylation is 1. The minimum absolute atomic E-state index is 0.0135. The second-order valence-electron chi connectivity index (χ2n) is 7.20. The highest BCUT2D eigenvalue weighted by atomic mass is 32.1. The van der Waals surface area contributed by atoms with Crippen LogP contribution in [-0.2, 0) is 11.3 Å². The number of rotatable bonds is 4. The molecule has 2 aromatic heterocycles. The van der Waals surface area contributed by atoms with E-state index in [1.54, 1.807) is 17.1 Å². The second-order valence-corrected chi connectivity index (χ2v) is 8.44. The van der Waals surface area contributed by atoms with Crippen molar-refractivity contribution in [3.63, 3.8) is 0 Å².